The monoisotopic (exact) mass is 754 g/mol. The first-order valence-electron chi connectivity index (χ1n) is 17.8. The molecule has 0 saturated carbocycles. The lowest BCUT2D eigenvalue weighted by atomic mass is 9.95. The number of esters is 1. The van der Waals surface area contributed by atoms with Crippen LogP contribution >= 0.6 is 0 Å². The SMILES string of the molecule is CCOC(C)(Cc1ccc(OCC2NC(=O)c3ccccc3O2)cc1)C(=O)OC(Cc1ccc(OCC2NC(=O)c3ccccc3O2)cc1)(OCC)C(=O)O. The van der Waals surface area contributed by atoms with Gasteiger partial charge in [0, 0.05) is 19.6 Å². The normalized spacial score (nSPS) is 18.0. The molecule has 0 bridgehead atoms. The zero-order chi connectivity index (χ0) is 39.0. The predicted molar refractivity (Wildman–Crippen MR) is 196 cm³/mol. The molecule has 4 unspecified atom stereocenters. The Labute approximate surface area is 317 Å². The van der Waals surface area contributed by atoms with Crippen LogP contribution in [0.2, 0.25) is 0 Å². The Morgan fingerprint density at radius 1 is 0.673 bits per heavy atom. The van der Waals surface area contributed by atoms with Crippen LogP contribution < -0.4 is 29.6 Å². The highest BCUT2D eigenvalue weighted by molar-refractivity contribution is 5.98. The second-order valence-corrected chi connectivity index (χ2v) is 13.0. The summed E-state index contributed by atoms with van der Waals surface area (Å²) in [6, 6.07) is 27.3. The van der Waals surface area contributed by atoms with Crippen molar-refractivity contribution in [2.75, 3.05) is 26.4 Å². The van der Waals surface area contributed by atoms with E-state index in [4.69, 9.17) is 33.2 Å². The van der Waals surface area contributed by atoms with E-state index in [1.54, 1.807) is 111 Å². The Bertz CT molecular complexity index is 2000. The first-order valence-corrected chi connectivity index (χ1v) is 17.8. The molecule has 2 heterocycles. The fourth-order valence-corrected chi connectivity index (χ4v) is 6.18. The first-order chi connectivity index (χ1) is 26.5. The number of rotatable bonds is 17. The average Bonchev–Trinajstić information content (AvgIpc) is 3.17. The largest absolute Gasteiger partial charge is 0.488 e. The van der Waals surface area contributed by atoms with Crippen molar-refractivity contribution in [1.82, 2.24) is 10.6 Å². The van der Waals surface area contributed by atoms with E-state index < -0.39 is 35.8 Å². The molecular formula is C41H42N2O12. The van der Waals surface area contributed by atoms with Gasteiger partial charge in [-0.15, -0.1) is 0 Å². The van der Waals surface area contributed by atoms with Crippen LogP contribution in [0.3, 0.4) is 0 Å². The van der Waals surface area contributed by atoms with Crippen LogP contribution in [-0.4, -0.2) is 79.1 Å². The number of hydrogen-bond acceptors (Lipinski definition) is 11. The summed E-state index contributed by atoms with van der Waals surface area (Å²) in [5.74, 6) is -3.43. The molecule has 0 radical (unpaired) electrons. The van der Waals surface area contributed by atoms with Crippen LogP contribution in [0.5, 0.6) is 23.0 Å². The smallest absolute Gasteiger partial charge is 0.377 e. The van der Waals surface area contributed by atoms with Gasteiger partial charge in [-0.25, -0.2) is 9.59 Å². The number of aliphatic carboxylic acids is 1. The number of carboxylic acid groups (broad SMARTS) is 1. The van der Waals surface area contributed by atoms with Gasteiger partial charge in [0.15, 0.2) is 5.60 Å². The Hall–Kier alpha value is -6.12. The summed E-state index contributed by atoms with van der Waals surface area (Å²) in [4.78, 5) is 51.5. The van der Waals surface area contributed by atoms with Gasteiger partial charge in [0.2, 0.25) is 12.5 Å². The zero-order valence-electron chi connectivity index (χ0n) is 30.6. The molecule has 4 aromatic carbocycles. The van der Waals surface area contributed by atoms with Crippen molar-refractivity contribution in [2.24, 2.45) is 0 Å². The van der Waals surface area contributed by atoms with E-state index in [1.807, 2.05) is 0 Å². The summed E-state index contributed by atoms with van der Waals surface area (Å²) in [7, 11) is 0. The predicted octanol–water partition coefficient (Wildman–Crippen LogP) is 4.68. The van der Waals surface area contributed by atoms with Crippen molar-refractivity contribution in [3.8, 4) is 23.0 Å². The Morgan fingerprint density at radius 2 is 1.13 bits per heavy atom. The topological polar surface area (TPSA) is 177 Å². The maximum absolute atomic E-state index is 13.9. The highest BCUT2D eigenvalue weighted by Gasteiger charge is 2.49. The van der Waals surface area contributed by atoms with Crippen LogP contribution in [0.1, 0.15) is 52.6 Å². The maximum Gasteiger partial charge on any atom is 0.377 e. The summed E-state index contributed by atoms with van der Waals surface area (Å²) in [6.45, 7) is 5.00. The van der Waals surface area contributed by atoms with E-state index in [9.17, 15) is 24.3 Å². The second kappa shape index (κ2) is 16.9. The molecule has 0 fully saturated rings. The molecule has 55 heavy (non-hydrogen) atoms. The number of para-hydroxylation sites is 2. The standard InChI is InChI=1S/C41H42N2O12/c1-4-51-40(3,22-26-14-18-28(19-15-26)49-24-34-42-36(44)30-10-6-8-12-32(30)53-34)39(48)55-41(38(46)47,52-5-2)23-27-16-20-29(21-17-27)50-25-35-43-37(45)31-11-7-9-13-33(31)54-35/h6-21,34-35H,4-5,22-25H2,1-3H3,(H,42,44)(H,43,45)(H,46,47). The Kier molecular flexibility index (Phi) is 11.9. The van der Waals surface area contributed by atoms with Gasteiger partial charge in [-0.3, -0.25) is 9.59 Å². The van der Waals surface area contributed by atoms with E-state index in [2.05, 4.69) is 10.6 Å². The first kappa shape index (κ1) is 38.6. The summed E-state index contributed by atoms with van der Waals surface area (Å²) >= 11 is 0. The molecule has 0 aliphatic carbocycles. The summed E-state index contributed by atoms with van der Waals surface area (Å²) in [5.41, 5.74) is 0.480. The van der Waals surface area contributed by atoms with Crippen LogP contribution in [0, 0.1) is 0 Å². The van der Waals surface area contributed by atoms with Crippen LogP contribution in [0.15, 0.2) is 97.1 Å². The number of fused-ring (bicyclic) bond motifs is 2. The lowest BCUT2D eigenvalue weighted by Gasteiger charge is -2.34. The van der Waals surface area contributed by atoms with Crippen LogP contribution in [-0.2, 0) is 36.6 Å². The molecule has 14 nitrogen and oxygen atoms in total. The molecule has 3 N–H and O–H groups in total. The third-order valence-electron chi connectivity index (χ3n) is 8.87. The fourth-order valence-electron chi connectivity index (χ4n) is 6.18. The number of ether oxygens (including phenoxy) is 7. The van der Waals surface area contributed by atoms with E-state index in [0.717, 1.165) is 0 Å². The summed E-state index contributed by atoms with van der Waals surface area (Å²) in [5, 5.41) is 15.9. The number of carboxylic acids is 1. The molecule has 0 saturated heterocycles. The van der Waals surface area contributed by atoms with Gasteiger partial charge >= 0.3 is 17.7 Å². The molecule has 0 aromatic heterocycles. The number of amides is 2. The van der Waals surface area contributed by atoms with Crippen molar-refractivity contribution in [3.05, 3.63) is 119 Å². The highest BCUT2D eigenvalue weighted by atomic mass is 16.7. The molecule has 0 spiro atoms. The van der Waals surface area contributed by atoms with Crippen molar-refractivity contribution < 1.29 is 57.4 Å². The van der Waals surface area contributed by atoms with Gasteiger partial charge in [0.1, 0.15) is 36.2 Å². The van der Waals surface area contributed by atoms with Crippen LogP contribution in [0.4, 0.5) is 0 Å². The molecule has 4 aromatic rings. The third kappa shape index (κ3) is 9.16. The maximum atomic E-state index is 13.9. The molecule has 2 aliphatic rings. The lowest BCUT2D eigenvalue weighted by molar-refractivity contribution is -0.249. The average molecular weight is 755 g/mol. The Balaban J connectivity index is 1.07. The van der Waals surface area contributed by atoms with E-state index in [-0.39, 0.29) is 51.1 Å². The van der Waals surface area contributed by atoms with Crippen molar-refractivity contribution in [3.63, 3.8) is 0 Å². The highest BCUT2D eigenvalue weighted by Crippen LogP contribution is 2.30. The van der Waals surface area contributed by atoms with Crippen molar-refractivity contribution in [2.45, 2.75) is 57.5 Å². The number of hydrogen-bond donors (Lipinski definition) is 3. The van der Waals surface area contributed by atoms with Gasteiger partial charge in [0.25, 0.3) is 11.8 Å². The minimum atomic E-state index is -2.37. The van der Waals surface area contributed by atoms with E-state index >= 15 is 0 Å². The molecule has 288 valence electrons. The molecule has 4 atom stereocenters. The molecule has 14 heteroatoms. The minimum absolute atomic E-state index is 0.0192. The van der Waals surface area contributed by atoms with Gasteiger partial charge in [-0.1, -0.05) is 48.5 Å². The van der Waals surface area contributed by atoms with Crippen molar-refractivity contribution in [1.29, 1.82) is 0 Å². The number of nitrogens with one attached hydrogen (secondary N) is 2. The molecule has 2 amide bonds. The quantitative estimate of drug-likeness (QED) is 0.100. The lowest BCUT2D eigenvalue weighted by Crippen LogP contribution is -2.53. The summed E-state index contributed by atoms with van der Waals surface area (Å²) < 4.78 is 40.6. The van der Waals surface area contributed by atoms with Gasteiger partial charge < -0.3 is 48.9 Å². The third-order valence-corrected chi connectivity index (χ3v) is 8.87. The van der Waals surface area contributed by atoms with Gasteiger partial charge in [0.05, 0.1) is 17.5 Å². The van der Waals surface area contributed by atoms with Crippen molar-refractivity contribution >= 4 is 23.8 Å². The van der Waals surface area contributed by atoms with Crippen LogP contribution in [0.25, 0.3) is 0 Å². The van der Waals surface area contributed by atoms with Gasteiger partial charge in [-0.05, 0) is 80.4 Å². The fraction of sp³-hybridized carbons (Fsp3) is 0.317. The number of benzene rings is 4. The molecule has 6 rings (SSSR count). The number of carbonyl (C=O) groups excluding carboxylic acids is 3. The molecule has 2 aliphatic heterocycles. The van der Waals surface area contributed by atoms with E-state index in [1.165, 1.54) is 6.92 Å². The second-order valence-electron chi connectivity index (χ2n) is 13.0. The molecular weight excluding hydrogens is 712 g/mol. The zero-order valence-corrected chi connectivity index (χ0v) is 30.6. The van der Waals surface area contributed by atoms with Gasteiger partial charge in [-0.2, -0.15) is 0 Å². The number of carbonyl (C=O) groups is 4. The Morgan fingerprint density at radius 3 is 1.58 bits per heavy atom. The summed E-state index contributed by atoms with van der Waals surface area (Å²) in [6.07, 6.45) is -1.67. The minimum Gasteiger partial charge on any atom is -0.488 e. The van der Waals surface area contributed by atoms with E-state index in [0.29, 0.717) is 45.3 Å².